The van der Waals surface area contributed by atoms with Crippen LogP contribution in [0.1, 0.15) is 46.5 Å². The fourth-order valence-corrected chi connectivity index (χ4v) is 3.76. The molecule has 1 fully saturated rings. The Morgan fingerprint density at radius 3 is 2.22 bits per heavy atom. The Hall–Kier alpha value is -2.30. The maximum absolute atomic E-state index is 4.71. The normalized spacial score (nSPS) is 20.2. The van der Waals surface area contributed by atoms with Crippen molar-refractivity contribution in [3.8, 4) is 0 Å². The summed E-state index contributed by atoms with van der Waals surface area (Å²) in [6, 6.07) is 12.6. The van der Waals surface area contributed by atoms with Crippen molar-refractivity contribution < 1.29 is 0 Å². The molecule has 0 aliphatic heterocycles. The molecule has 146 valence electrons. The number of hydrogen-bond acceptors (Lipinski definition) is 5. The monoisotopic (exact) mass is 367 g/mol. The van der Waals surface area contributed by atoms with Crippen LogP contribution in [0.3, 0.4) is 0 Å². The van der Waals surface area contributed by atoms with E-state index in [1.54, 1.807) is 0 Å². The van der Waals surface area contributed by atoms with Crippen molar-refractivity contribution >= 4 is 23.3 Å². The third-order valence-electron chi connectivity index (χ3n) is 5.50. The van der Waals surface area contributed by atoms with Crippen molar-refractivity contribution in [3.05, 3.63) is 36.4 Å². The van der Waals surface area contributed by atoms with E-state index in [1.165, 1.54) is 25.7 Å². The molecule has 0 amide bonds. The van der Waals surface area contributed by atoms with Gasteiger partial charge in [0, 0.05) is 31.9 Å². The minimum atomic E-state index is 0.407. The molecule has 1 aromatic heterocycles. The van der Waals surface area contributed by atoms with Gasteiger partial charge in [-0.05, 0) is 49.1 Å². The molecule has 0 atom stereocenters. The van der Waals surface area contributed by atoms with Gasteiger partial charge in [0.05, 0.1) is 0 Å². The Labute approximate surface area is 163 Å². The minimum Gasteiger partial charge on any atom is -0.367 e. The summed E-state index contributed by atoms with van der Waals surface area (Å²) in [5.41, 5.74) is 1.40. The number of nitrogens with one attached hydrogen (secondary N) is 2. The van der Waals surface area contributed by atoms with Gasteiger partial charge in [-0.2, -0.15) is 9.97 Å². The molecule has 0 unspecified atom stereocenters. The van der Waals surface area contributed by atoms with Crippen LogP contribution < -0.4 is 15.5 Å². The lowest BCUT2D eigenvalue weighted by atomic mass is 9.71. The van der Waals surface area contributed by atoms with Crippen LogP contribution in [0.4, 0.5) is 23.3 Å². The first kappa shape index (κ1) is 19.5. The van der Waals surface area contributed by atoms with Crippen molar-refractivity contribution in [2.75, 3.05) is 29.6 Å². The van der Waals surface area contributed by atoms with E-state index in [0.717, 1.165) is 23.2 Å². The lowest BCUT2D eigenvalue weighted by molar-refractivity contribution is 0.173. The molecule has 27 heavy (non-hydrogen) atoms. The van der Waals surface area contributed by atoms with Crippen LogP contribution in [0.2, 0.25) is 0 Å². The predicted octanol–water partition coefficient (Wildman–Crippen LogP) is 5.30. The number of nitrogens with zero attached hydrogens (tertiary/aromatic N) is 3. The molecule has 1 aliphatic carbocycles. The lowest BCUT2D eigenvalue weighted by Crippen LogP contribution is -2.32. The predicted molar refractivity (Wildman–Crippen MR) is 115 cm³/mol. The zero-order chi connectivity index (χ0) is 19.4. The number of rotatable bonds is 5. The first-order valence-electron chi connectivity index (χ1n) is 9.96. The third-order valence-corrected chi connectivity index (χ3v) is 5.50. The number of anilines is 4. The highest BCUT2D eigenvalue weighted by Crippen LogP contribution is 2.38. The van der Waals surface area contributed by atoms with E-state index in [-0.39, 0.29) is 0 Å². The minimum absolute atomic E-state index is 0.407. The Bertz CT molecular complexity index is 728. The highest BCUT2D eigenvalue weighted by molar-refractivity contribution is 5.59. The van der Waals surface area contributed by atoms with Crippen molar-refractivity contribution in [1.29, 1.82) is 0 Å². The standard InChI is InChI=1S/C22H33N5/c1-22(2,3)16-11-13-18(14-12-16)23-19-15-20(27(4)5)26-21(25-19)24-17-9-7-6-8-10-17/h6-10,15-16,18H,11-14H2,1-5H3,(H2,23,24,25,26). The Morgan fingerprint density at radius 2 is 1.63 bits per heavy atom. The molecular weight excluding hydrogens is 334 g/mol. The molecule has 1 aromatic carbocycles. The Kier molecular flexibility index (Phi) is 5.88. The molecule has 5 nitrogen and oxygen atoms in total. The molecule has 5 heteroatoms. The van der Waals surface area contributed by atoms with Crippen LogP contribution in [0.25, 0.3) is 0 Å². The summed E-state index contributed by atoms with van der Waals surface area (Å²) >= 11 is 0. The second-order valence-corrected chi connectivity index (χ2v) is 8.88. The van der Waals surface area contributed by atoms with Gasteiger partial charge in [-0.25, -0.2) is 0 Å². The molecule has 1 saturated carbocycles. The van der Waals surface area contributed by atoms with E-state index in [0.29, 0.717) is 17.4 Å². The van der Waals surface area contributed by atoms with Crippen molar-refractivity contribution in [1.82, 2.24) is 9.97 Å². The van der Waals surface area contributed by atoms with E-state index in [2.05, 4.69) is 36.4 Å². The van der Waals surface area contributed by atoms with Crippen LogP contribution in [0.15, 0.2) is 36.4 Å². The van der Waals surface area contributed by atoms with Crippen molar-refractivity contribution in [2.24, 2.45) is 11.3 Å². The van der Waals surface area contributed by atoms with E-state index in [1.807, 2.05) is 55.4 Å². The van der Waals surface area contributed by atoms with E-state index in [4.69, 9.17) is 4.98 Å². The molecule has 2 aromatic rings. The second kappa shape index (κ2) is 8.15. The lowest BCUT2D eigenvalue weighted by Gasteiger charge is -2.37. The largest absolute Gasteiger partial charge is 0.367 e. The first-order chi connectivity index (χ1) is 12.8. The van der Waals surface area contributed by atoms with Crippen LogP contribution >= 0.6 is 0 Å². The van der Waals surface area contributed by atoms with Gasteiger partial charge in [-0.1, -0.05) is 39.0 Å². The molecule has 0 saturated heterocycles. The Morgan fingerprint density at radius 1 is 0.963 bits per heavy atom. The molecule has 1 aliphatic rings. The van der Waals surface area contributed by atoms with Gasteiger partial charge in [0.15, 0.2) is 0 Å². The van der Waals surface area contributed by atoms with Crippen LogP contribution in [-0.4, -0.2) is 30.1 Å². The third kappa shape index (κ3) is 5.34. The van der Waals surface area contributed by atoms with Crippen LogP contribution in [0, 0.1) is 11.3 Å². The smallest absolute Gasteiger partial charge is 0.231 e. The van der Waals surface area contributed by atoms with E-state index < -0.39 is 0 Å². The zero-order valence-electron chi connectivity index (χ0n) is 17.3. The molecule has 2 N–H and O–H groups in total. The number of aromatic nitrogens is 2. The fraction of sp³-hybridized carbons (Fsp3) is 0.545. The van der Waals surface area contributed by atoms with Gasteiger partial charge < -0.3 is 15.5 Å². The van der Waals surface area contributed by atoms with E-state index in [9.17, 15) is 0 Å². The molecule has 1 heterocycles. The summed E-state index contributed by atoms with van der Waals surface area (Å²) in [7, 11) is 4.01. The van der Waals surface area contributed by atoms with Gasteiger partial charge in [0.25, 0.3) is 0 Å². The Balaban J connectivity index is 1.71. The maximum Gasteiger partial charge on any atom is 0.231 e. The van der Waals surface area contributed by atoms with E-state index >= 15 is 0 Å². The summed E-state index contributed by atoms with van der Waals surface area (Å²) in [5.74, 6) is 3.23. The van der Waals surface area contributed by atoms with Crippen molar-refractivity contribution in [2.45, 2.75) is 52.5 Å². The quantitative estimate of drug-likeness (QED) is 0.751. The summed E-state index contributed by atoms with van der Waals surface area (Å²) in [4.78, 5) is 11.4. The summed E-state index contributed by atoms with van der Waals surface area (Å²) in [6.45, 7) is 7.09. The molecule has 0 radical (unpaired) electrons. The van der Waals surface area contributed by atoms with Crippen molar-refractivity contribution in [3.63, 3.8) is 0 Å². The number of benzene rings is 1. The SMILES string of the molecule is CN(C)c1cc(NC2CCC(C(C)(C)C)CC2)nc(Nc2ccccc2)n1. The molecule has 0 spiro atoms. The number of para-hydroxylation sites is 1. The molecular formula is C22H33N5. The summed E-state index contributed by atoms with van der Waals surface area (Å²) < 4.78 is 0. The summed E-state index contributed by atoms with van der Waals surface area (Å²) in [5, 5.41) is 6.97. The highest BCUT2D eigenvalue weighted by atomic mass is 15.2. The molecule has 0 bridgehead atoms. The fourth-order valence-electron chi connectivity index (χ4n) is 3.76. The zero-order valence-corrected chi connectivity index (χ0v) is 17.3. The maximum atomic E-state index is 4.71. The van der Waals surface area contributed by atoms with Gasteiger partial charge in [-0.15, -0.1) is 0 Å². The second-order valence-electron chi connectivity index (χ2n) is 8.88. The van der Waals surface area contributed by atoms with Gasteiger partial charge >= 0.3 is 0 Å². The summed E-state index contributed by atoms with van der Waals surface area (Å²) in [6.07, 6.45) is 4.96. The topological polar surface area (TPSA) is 53.1 Å². The van der Waals surface area contributed by atoms with Gasteiger partial charge in [0.2, 0.25) is 5.95 Å². The van der Waals surface area contributed by atoms with Gasteiger partial charge in [-0.3, -0.25) is 0 Å². The highest BCUT2D eigenvalue weighted by Gasteiger charge is 2.29. The number of hydrogen-bond donors (Lipinski definition) is 2. The molecule has 3 rings (SSSR count). The average molecular weight is 368 g/mol. The first-order valence-corrected chi connectivity index (χ1v) is 9.96. The van der Waals surface area contributed by atoms with Crippen LogP contribution in [0.5, 0.6) is 0 Å². The van der Waals surface area contributed by atoms with Gasteiger partial charge in [0.1, 0.15) is 11.6 Å². The average Bonchev–Trinajstić information content (AvgIpc) is 2.62. The van der Waals surface area contributed by atoms with Crippen LogP contribution in [-0.2, 0) is 0 Å².